The summed E-state index contributed by atoms with van der Waals surface area (Å²) in [7, 11) is 6.56. The molecule has 0 aromatic carbocycles. The van der Waals surface area contributed by atoms with Gasteiger partial charge in [-0.05, 0) is 47.0 Å². The van der Waals surface area contributed by atoms with Gasteiger partial charge >= 0.3 is 0 Å². The zero-order valence-corrected chi connectivity index (χ0v) is 13.5. The number of hydrogen-bond acceptors (Lipinski definition) is 3. The second kappa shape index (κ2) is 10.8. The van der Waals surface area contributed by atoms with Gasteiger partial charge in [0.2, 0.25) is 0 Å². The SMILES string of the molecule is CCCNC(CCC)C(CC)N(C)CCN(C)C. The largest absolute Gasteiger partial charge is 0.312 e. The van der Waals surface area contributed by atoms with E-state index in [2.05, 4.69) is 57.0 Å². The van der Waals surface area contributed by atoms with Gasteiger partial charge < -0.3 is 15.1 Å². The van der Waals surface area contributed by atoms with Crippen LogP contribution in [0.25, 0.3) is 0 Å². The van der Waals surface area contributed by atoms with Crippen LogP contribution in [0.3, 0.4) is 0 Å². The van der Waals surface area contributed by atoms with Gasteiger partial charge in [0, 0.05) is 25.2 Å². The zero-order valence-electron chi connectivity index (χ0n) is 13.5. The first kappa shape index (κ1) is 17.9. The van der Waals surface area contributed by atoms with Crippen molar-refractivity contribution < 1.29 is 0 Å². The minimum Gasteiger partial charge on any atom is -0.312 e. The van der Waals surface area contributed by atoms with Gasteiger partial charge in [-0.25, -0.2) is 0 Å². The minimum absolute atomic E-state index is 0.645. The van der Waals surface area contributed by atoms with Crippen LogP contribution in [-0.2, 0) is 0 Å². The summed E-state index contributed by atoms with van der Waals surface area (Å²) in [6.07, 6.45) is 4.99. The van der Waals surface area contributed by atoms with Crippen LogP contribution in [0.1, 0.15) is 46.5 Å². The molecule has 18 heavy (non-hydrogen) atoms. The standard InChI is InChI=1S/C15H35N3/c1-7-10-14(16-11-8-2)15(9-3)18(6)13-12-17(4)5/h14-16H,7-13H2,1-6H3. The van der Waals surface area contributed by atoms with Crippen molar-refractivity contribution in [3.05, 3.63) is 0 Å². The Kier molecular flexibility index (Phi) is 10.7. The van der Waals surface area contributed by atoms with Crippen LogP contribution in [0, 0.1) is 0 Å². The maximum Gasteiger partial charge on any atom is 0.0244 e. The lowest BCUT2D eigenvalue weighted by atomic mass is 9.99. The van der Waals surface area contributed by atoms with Gasteiger partial charge in [0.25, 0.3) is 0 Å². The highest BCUT2D eigenvalue weighted by atomic mass is 15.2. The Labute approximate surface area is 115 Å². The highest BCUT2D eigenvalue weighted by Crippen LogP contribution is 2.12. The van der Waals surface area contributed by atoms with Crippen molar-refractivity contribution in [2.24, 2.45) is 0 Å². The van der Waals surface area contributed by atoms with Gasteiger partial charge in [0.05, 0.1) is 0 Å². The van der Waals surface area contributed by atoms with E-state index in [1.807, 2.05) is 0 Å². The van der Waals surface area contributed by atoms with Gasteiger partial charge in [-0.15, -0.1) is 0 Å². The summed E-state index contributed by atoms with van der Waals surface area (Å²) >= 11 is 0. The molecule has 0 amide bonds. The van der Waals surface area contributed by atoms with E-state index in [-0.39, 0.29) is 0 Å². The summed E-state index contributed by atoms with van der Waals surface area (Å²) in [5.41, 5.74) is 0. The van der Waals surface area contributed by atoms with Crippen molar-refractivity contribution in [1.82, 2.24) is 15.1 Å². The van der Waals surface area contributed by atoms with Gasteiger partial charge in [-0.3, -0.25) is 0 Å². The van der Waals surface area contributed by atoms with E-state index >= 15 is 0 Å². The molecule has 0 aliphatic heterocycles. The summed E-state index contributed by atoms with van der Waals surface area (Å²) in [6, 6.07) is 1.31. The highest BCUT2D eigenvalue weighted by Gasteiger charge is 2.22. The smallest absolute Gasteiger partial charge is 0.0244 e. The lowest BCUT2D eigenvalue weighted by molar-refractivity contribution is 0.166. The first-order chi connectivity index (χ1) is 8.56. The molecule has 0 spiro atoms. The van der Waals surface area contributed by atoms with Crippen LogP contribution in [0.15, 0.2) is 0 Å². The molecule has 3 nitrogen and oxygen atoms in total. The Morgan fingerprint density at radius 1 is 0.944 bits per heavy atom. The summed E-state index contributed by atoms with van der Waals surface area (Å²) in [4.78, 5) is 4.79. The summed E-state index contributed by atoms with van der Waals surface area (Å²) in [5, 5.41) is 3.73. The van der Waals surface area contributed by atoms with Crippen LogP contribution < -0.4 is 5.32 Å². The number of likely N-dealkylation sites (N-methyl/N-ethyl adjacent to an activating group) is 2. The number of hydrogen-bond donors (Lipinski definition) is 1. The topological polar surface area (TPSA) is 18.5 Å². The number of nitrogens with one attached hydrogen (secondary N) is 1. The molecule has 0 aliphatic carbocycles. The van der Waals surface area contributed by atoms with E-state index in [1.165, 1.54) is 25.7 Å². The van der Waals surface area contributed by atoms with Crippen molar-refractivity contribution in [3.63, 3.8) is 0 Å². The molecule has 0 aromatic rings. The molecule has 0 fully saturated rings. The molecule has 2 atom stereocenters. The van der Waals surface area contributed by atoms with E-state index in [1.54, 1.807) is 0 Å². The fourth-order valence-electron chi connectivity index (χ4n) is 2.50. The van der Waals surface area contributed by atoms with Crippen LogP contribution in [0.5, 0.6) is 0 Å². The van der Waals surface area contributed by atoms with Crippen LogP contribution in [0.4, 0.5) is 0 Å². The second-order valence-electron chi connectivity index (χ2n) is 5.61. The van der Waals surface area contributed by atoms with Crippen LogP contribution in [0.2, 0.25) is 0 Å². The number of nitrogens with zero attached hydrogens (tertiary/aromatic N) is 2. The minimum atomic E-state index is 0.645. The van der Waals surface area contributed by atoms with Gasteiger partial charge in [0.15, 0.2) is 0 Å². The van der Waals surface area contributed by atoms with Gasteiger partial charge in [-0.2, -0.15) is 0 Å². The van der Waals surface area contributed by atoms with Crippen molar-refractivity contribution >= 4 is 0 Å². The lowest BCUT2D eigenvalue weighted by Gasteiger charge is -2.35. The third-order valence-corrected chi connectivity index (χ3v) is 3.61. The Morgan fingerprint density at radius 3 is 2.06 bits per heavy atom. The molecule has 1 N–H and O–H groups in total. The monoisotopic (exact) mass is 257 g/mol. The first-order valence-corrected chi connectivity index (χ1v) is 7.65. The van der Waals surface area contributed by atoms with Crippen molar-refractivity contribution in [3.8, 4) is 0 Å². The Balaban J connectivity index is 4.35. The first-order valence-electron chi connectivity index (χ1n) is 7.65. The quantitative estimate of drug-likeness (QED) is 0.613. The molecule has 2 unspecified atom stereocenters. The normalized spacial score (nSPS) is 15.3. The van der Waals surface area contributed by atoms with E-state index in [4.69, 9.17) is 0 Å². The summed E-state index contributed by atoms with van der Waals surface area (Å²) in [5.74, 6) is 0. The van der Waals surface area contributed by atoms with Gasteiger partial charge in [0.1, 0.15) is 0 Å². The van der Waals surface area contributed by atoms with Crippen LogP contribution in [-0.4, -0.2) is 62.7 Å². The molecular formula is C15H35N3. The molecular weight excluding hydrogens is 222 g/mol. The maximum atomic E-state index is 3.73. The van der Waals surface area contributed by atoms with E-state index in [9.17, 15) is 0 Å². The Hall–Kier alpha value is -0.120. The molecule has 0 saturated heterocycles. The second-order valence-corrected chi connectivity index (χ2v) is 5.61. The fourth-order valence-corrected chi connectivity index (χ4v) is 2.50. The predicted octanol–water partition coefficient (Wildman–Crippen LogP) is 2.43. The molecule has 0 heterocycles. The highest BCUT2D eigenvalue weighted by molar-refractivity contribution is 4.82. The van der Waals surface area contributed by atoms with Gasteiger partial charge in [-0.1, -0.05) is 27.2 Å². The van der Waals surface area contributed by atoms with E-state index in [0.29, 0.717) is 12.1 Å². The Morgan fingerprint density at radius 2 is 1.61 bits per heavy atom. The summed E-state index contributed by atoms with van der Waals surface area (Å²) < 4.78 is 0. The van der Waals surface area contributed by atoms with E-state index < -0.39 is 0 Å². The Bertz CT molecular complexity index is 183. The molecule has 0 aliphatic rings. The zero-order chi connectivity index (χ0) is 14.0. The predicted molar refractivity (Wildman–Crippen MR) is 82.3 cm³/mol. The third-order valence-electron chi connectivity index (χ3n) is 3.61. The van der Waals surface area contributed by atoms with Crippen molar-refractivity contribution in [2.75, 3.05) is 40.8 Å². The molecule has 0 aromatic heterocycles. The van der Waals surface area contributed by atoms with Crippen LogP contribution >= 0.6 is 0 Å². The average Bonchev–Trinajstić information content (AvgIpc) is 2.34. The number of rotatable bonds is 11. The molecule has 0 rings (SSSR count). The molecule has 110 valence electrons. The fraction of sp³-hybridized carbons (Fsp3) is 1.00. The maximum absolute atomic E-state index is 3.73. The lowest BCUT2D eigenvalue weighted by Crippen LogP contribution is -2.50. The van der Waals surface area contributed by atoms with E-state index in [0.717, 1.165) is 19.6 Å². The third kappa shape index (κ3) is 7.34. The molecule has 0 saturated carbocycles. The molecule has 0 bridgehead atoms. The average molecular weight is 257 g/mol. The summed E-state index contributed by atoms with van der Waals surface area (Å²) in [6.45, 7) is 10.3. The van der Waals surface area contributed by atoms with Crippen molar-refractivity contribution in [2.45, 2.75) is 58.5 Å². The van der Waals surface area contributed by atoms with Crippen molar-refractivity contribution in [1.29, 1.82) is 0 Å². The molecule has 3 heteroatoms. The molecule has 0 radical (unpaired) electrons.